The highest BCUT2D eigenvalue weighted by Crippen LogP contribution is 2.14. The molecule has 98 valence electrons. The summed E-state index contributed by atoms with van der Waals surface area (Å²) in [6.45, 7) is 5.52. The van der Waals surface area contributed by atoms with Crippen LogP contribution in [0.3, 0.4) is 0 Å². The third kappa shape index (κ3) is 3.30. The van der Waals surface area contributed by atoms with Crippen LogP contribution in [0.4, 0.5) is 6.01 Å². The molecule has 1 unspecified atom stereocenters. The average molecular weight is 251 g/mol. The summed E-state index contributed by atoms with van der Waals surface area (Å²) in [7, 11) is 0. The number of aromatic nitrogens is 3. The van der Waals surface area contributed by atoms with E-state index in [0.717, 1.165) is 18.7 Å². The van der Waals surface area contributed by atoms with Gasteiger partial charge in [0.2, 0.25) is 5.89 Å². The molecule has 2 aromatic rings. The number of hydrogen-bond acceptors (Lipinski definition) is 7. The largest absolute Gasteiger partial charge is 0.406 e. The van der Waals surface area contributed by atoms with Gasteiger partial charge in [0.15, 0.2) is 0 Å². The van der Waals surface area contributed by atoms with E-state index < -0.39 is 0 Å². The second-order valence-corrected chi connectivity index (χ2v) is 3.97. The highest BCUT2D eigenvalue weighted by atomic mass is 16.5. The fraction of sp³-hybridized carbons (Fsp3) is 0.545. The van der Waals surface area contributed by atoms with Gasteiger partial charge >= 0.3 is 6.01 Å². The summed E-state index contributed by atoms with van der Waals surface area (Å²) < 4.78 is 10.2. The van der Waals surface area contributed by atoms with Crippen LogP contribution in [-0.4, -0.2) is 21.9 Å². The van der Waals surface area contributed by atoms with E-state index in [1.165, 1.54) is 6.26 Å². The number of nitrogens with zero attached hydrogens (tertiary/aromatic N) is 3. The molecule has 0 aliphatic heterocycles. The Bertz CT molecular complexity index is 454. The molecule has 0 aliphatic carbocycles. The topological polar surface area (TPSA) is 89.0 Å². The van der Waals surface area contributed by atoms with Crippen molar-refractivity contribution in [2.45, 2.75) is 32.9 Å². The van der Waals surface area contributed by atoms with E-state index in [0.29, 0.717) is 18.5 Å². The zero-order valence-electron chi connectivity index (χ0n) is 10.5. The summed E-state index contributed by atoms with van der Waals surface area (Å²) in [6, 6.07) is 2.22. The highest BCUT2D eigenvalue weighted by Gasteiger charge is 2.12. The molecule has 2 heterocycles. The number of anilines is 1. The Morgan fingerprint density at radius 1 is 1.39 bits per heavy atom. The first-order chi connectivity index (χ1) is 8.79. The van der Waals surface area contributed by atoms with Crippen LogP contribution in [0.25, 0.3) is 0 Å². The molecule has 0 amide bonds. The minimum absolute atomic E-state index is 0.0556. The predicted molar refractivity (Wildman–Crippen MR) is 64.8 cm³/mol. The Balaban J connectivity index is 1.85. The molecule has 2 rings (SSSR count). The normalized spacial score (nSPS) is 12.6. The Morgan fingerprint density at radius 3 is 3.00 bits per heavy atom. The van der Waals surface area contributed by atoms with Gasteiger partial charge in [0.1, 0.15) is 12.0 Å². The summed E-state index contributed by atoms with van der Waals surface area (Å²) in [5.41, 5.74) is 0.784. The number of rotatable bonds is 7. The van der Waals surface area contributed by atoms with Gasteiger partial charge in [-0.2, -0.15) is 0 Å². The van der Waals surface area contributed by atoms with Crippen LogP contribution >= 0.6 is 0 Å². The van der Waals surface area contributed by atoms with Crippen LogP contribution in [0, 0.1) is 0 Å². The molecule has 0 saturated carbocycles. The minimum Gasteiger partial charge on any atom is -0.406 e. The predicted octanol–water partition coefficient (Wildman–Crippen LogP) is 1.73. The fourth-order valence-electron chi connectivity index (χ4n) is 1.42. The lowest BCUT2D eigenvalue weighted by Gasteiger charge is -2.07. The Labute approximate surface area is 105 Å². The second kappa shape index (κ2) is 6.15. The Hall–Kier alpha value is -1.89. The molecule has 18 heavy (non-hydrogen) atoms. The minimum atomic E-state index is 0.0556. The molecule has 0 spiro atoms. The monoisotopic (exact) mass is 251 g/mol. The molecule has 0 aliphatic rings. The van der Waals surface area contributed by atoms with Crippen LogP contribution in [0.2, 0.25) is 0 Å². The van der Waals surface area contributed by atoms with Crippen molar-refractivity contribution in [1.29, 1.82) is 0 Å². The molecule has 2 aromatic heterocycles. The van der Waals surface area contributed by atoms with E-state index >= 15 is 0 Å². The van der Waals surface area contributed by atoms with Crippen molar-refractivity contribution >= 4 is 6.01 Å². The lowest BCUT2D eigenvalue weighted by Crippen LogP contribution is -2.19. The van der Waals surface area contributed by atoms with Crippen molar-refractivity contribution in [1.82, 2.24) is 20.7 Å². The van der Waals surface area contributed by atoms with E-state index in [1.807, 2.05) is 6.92 Å². The van der Waals surface area contributed by atoms with E-state index in [-0.39, 0.29) is 6.04 Å². The van der Waals surface area contributed by atoms with Gasteiger partial charge in [0, 0.05) is 6.07 Å². The van der Waals surface area contributed by atoms with Gasteiger partial charge in [-0.3, -0.25) is 0 Å². The summed E-state index contributed by atoms with van der Waals surface area (Å²) in [6.07, 6.45) is 2.59. The van der Waals surface area contributed by atoms with Gasteiger partial charge < -0.3 is 19.6 Å². The molecule has 0 radical (unpaired) electrons. The lowest BCUT2D eigenvalue weighted by atomic mass is 10.3. The van der Waals surface area contributed by atoms with Crippen LogP contribution < -0.4 is 10.6 Å². The summed E-state index contributed by atoms with van der Waals surface area (Å²) in [4.78, 5) is 0. The molecule has 7 nitrogen and oxygen atoms in total. The quantitative estimate of drug-likeness (QED) is 0.774. The highest BCUT2D eigenvalue weighted by molar-refractivity contribution is 5.19. The smallest absolute Gasteiger partial charge is 0.315 e. The maximum absolute atomic E-state index is 5.49. The Morgan fingerprint density at radius 2 is 2.28 bits per heavy atom. The van der Waals surface area contributed by atoms with Crippen LogP contribution in [0.5, 0.6) is 0 Å². The van der Waals surface area contributed by atoms with Gasteiger partial charge in [-0.1, -0.05) is 17.2 Å². The maximum Gasteiger partial charge on any atom is 0.315 e. The van der Waals surface area contributed by atoms with Crippen molar-refractivity contribution in [3.05, 3.63) is 23.9 Å². The zero-order chi connectivity index (χ0) is 12.8. The van der Waals surface area contributed by atoms with Gasteiger partial charge in [-0.05, 0) is 19.9 Å². The molecule has 0 fully saturated rings. The van der Waals surface area contributed by atoms with E-state index in [1.54, 1.807) is 6.07 Å². The first-order valence-electron chi connectivity index (χ1n) is 5.99. The molecule has 0 saturated heterocycles. The average Bonchev–Trinajstić information content (AvgIpc) is 3.04. The second-order valence-electron chi connectivity index (χ2n) is 3.97. The number of hydrogen-bond donors (Lipinski definition) is 2. The molecule has 0 bridgehead atoms. The van der Waals surface area contributed by atoms with E-state index in [9.17, 15) is 0 Å². The van der Waals surface area contributed by atoms with Crippen LogP contribution in [-0.2, 0) is 6.54 Å². The van der Waals surface area contributed by atoms with E-state index in [2.05, 4.69) is 32.9 Å². The first kappa shape index (κ1) is 12.6. The molecule has 7 heteroatoms. The van der Waals surface area contributed by atoms with Crippen molar-refractivity contribution in [3.63, 3.8) is 0 Å². The lowest BCUT2D eigenvalue weighted by molar-refractivity contribution is 0.410. The zero-order valence-corrected chi connectivity index (χ0v) is 10.5. The SMILES string of the molecule is CCCNC(C)c1nnc(NCc2ccon2)o1. The number of nitrogens with one attached hydrogen (secondary N) is 2. The molecular weight excluding hydrogens is 234 g/mol. The van der Waals surface area contributed by atoms with Gasteiger partial charge in [0.25, 0.3) is 0 Å². The third-order valence-corrected chi connectivity index (χ3v) is 2.42. The van der Waals surface area contributed by atoms with Gasteiger partial charge in [-0.25, -0.2) is 0 Å². The fourth-order valence-corrected chi connectivity index (χ4v) is 1.42. The van der Waals surface area contributed by atoms with Crippen molar-refractivity contribution in [3.8, 4) is 0 Å². The maximum atomic E-state index is 5.49. The van der Waals surface area contributed by atoms with Crippen LogP contribution in [0.1, 0.15) is 37.9 Å². The van der Waals surface area contributed by atoms with Crippen molar-refractivity contribution in [2.24, 2.45) is 0 Å². The molecule has 1 atom stereocenters. The summed E-state index contributed by atoms with van der Waals surface area (Å²) >= 11 is 0. The van der Waals surface area contributed by atoms with Gasteiger partial charge in [-0.15, -0.1) is 5.10 Å². The molecule has 2 N–H and O–H groups in total. The van der Waals surface area contributed by atoms with Crippen molar-refractivity contribution in [2.75, 3.05) is 11.9 Å². The standard InChI is InChI=1S/C11H17N5O2/c1-3-5-12-8(2)10-14-15-11(18-10)13-7-9-4-6-17-16-9/h4,6,8,12H,3,5,7H2,1-2H3,(H,13,15). The summed E-state index contributed by atoms with van der Waals surface area (Å²) in [5, 5.41) is 17.9. The Kier molecular flexibility index (Phi) is 4.30. The summed E-state index contributed by atoms with van der Waals surface area (Å²) in [5.74, 6) is 0.575. The van der Waals surface area contributed by atoms with Crippen molar-refractivity contribution < 1.29 is 8.94 Å². The molecule has 0 aromatic carbocycles. The third-order valence-electron chi connectivity index (χ3n) is 2.42. The van der Waals surface area contributed by atoms with Gasteiger partial charge in [0.05, 0.1) is 12.6 Å². The van der Waals surface area contributed by atoms with Crippen LogP contribution in [0.15, 0.2) is 21.3 Å². The molecular formula is C11H17N5O2. The van der Waals surface area contributed by atoms with E-state index in [4.69, 9.17) is 8.94 Å². The first-order valence-corrected chi connectivity index (χ1v) is 5.99.